The number of likely N-dealkylation sites (tertiary alicyclic amines) is 1. The lowest BCUT2D eigenvalue weighted by Crippen LogP contribution is -2.52. The second kappa shape index (κ2) is 5.79. The summed E-state index contributed by atoms with van der Waals surface area (Å²) in [4.78, 5) is 27.3. The Hall–Kier alpha value is -1.77. The summed E-state index contributed by atoms with van der Waals surface area (Å²) in [5.41, 5.74) is -0.550. The number of amides is 2. The molecule has 0 aliphatic carbocycles. The second-order valence-electron chi connectivity index (χ2n) is 5.70. The number of piperidine rings is 1. The topological polar surface area (TPSA) is 88.8 Å². The first-order valence-electron chi connectivity index (χ1n) is 7.12. The summed E-state index contributed by atoms with van der Waals surface area (Å²) in [5.74, 6) is 0.708. The molecule has 0 saturated carbocycles. The first-order chi connectivity index (χ1) is 10.5. The molecule has 8 nitrogen and oxygen atoms in total. The van der Waals surface area contributed by atoms with Crippen LogP contribution < -0.4 is 0 Å². The van der Waals surface area contributed by atoms with Crippen LogP contribution in [-0.4, -0.2) is 70.0 Å². The molecule has 3 heterocycles. The molecule has 2 aliphatic heterocycles. The molecule has 0 aromatic carbocycles. The van der Waals surface area contributed by atoms with Crippen LogP contribution >= 0.6 is 11.8 Å². The van der Waals surface area contributed by atoms with E-state index in [0.717, 1.165) is 12.8 Å². The van der Waals surface area contributed by atoms with Gasteiger partial charge in [0.25, 0.3) is 5.22 Å². The smallest absolute Gasteiger partial charge is 0.410 e. The van der Waals surface area contributed by atoms with Gasteiger partial charge in [0, 0.05) is 20.5 Å². The zero-order valence-electron chi connectivity index (χ0n) is 12.6. The number of carbonyl (C=O) groups is 2. The van der Waals surface area contributed by atoms with Crippen LogP contribution in [0.4, 0.5) is 4.79 Å². The highest BCUT2D eigenvalue weighted by molar-refractivity contribution is 7.99. The van der Waals surface area contributed by atoms with Gasteiger partial charge >= 0.3 is 6.09 Å². The fourth-order valence-electron chi connectivity index (χ4n) is 2.87. The average Bonchev–Trinajstić information content (AvgIpc) is 3.00. The van der Waals surface area contributed by atoms with Gasteiger partial charge in [-0.1, -0.05) is 11.8 Å². The summed E-state index contributed by atoms with van der Waals surface area (Å²) in [5, 5.41) is 7.97. The molecule has 0 bridgehead atoms. The van der Waals surface area contributed by atoms with Gasteiger partial charge in [0.1, 0.15) is 5.60 Å². The Balaban J connectivity index is 1.57. The Morgan fingerprint density at radius 2 is 2.23 bits per heavy atom. The zero-order chi connectivity index (χ0) is 15.7. The molecule has 2 aliphatic rings. The molecule has 1 aromatic heterocycles. The van der Waals surface area contributed by atoms with Crippen molar-refractivity contribution in [3.05, 3.63) is 5.89 Å². The van der Waals surface area contributed by atoms with Crippen molar-refractivity contribution in [1.82, 2.24) is 20.0 Å². The van der Waals surface area contributed by atoms with Crippen LogP contribution in [0.5, 0.6) is 0 Å². The fourth-order valence-corrected chi connectivity index (χ4v) is 3.57. The molecule has 1 aromatic rings. The molecule has 120 valence electrons. The largest absolute Gasteiger partial charge is 0.439 e. The number of likely N-dealkylation sites (N-methyl/N-ethyl adjacent to an activating group) is 1. The van der Waals surface area contributed by atoms with Crippen molar-refractivity contribution < 1.29 is 18.7 Å². The van der Waals surface area contributed by atoms with E-state index >= 15 is 0 Å². The van der Waals surface area contributed by atoms with Crippen molar-refractivity contribution in [2.45, 2.75) is 30.6 Å². The third-order valence-electron chi connectivity index (χ3n) is 3.86. The number of hydrogen-bond donors (Lipinski definition) is 0. The van der Waals surface area contributed by atoms with Crippen LogP contribution in [0.3, 0.4) is 0 Å². The summed E-state index contributed by atoms with van der Waals surface area (Å²) >= 11 is 1.23. The zero-order valence-corrected chi connectivity index (χ0v) is 13.4. The maximum atomic E-state index is 12.3. The van der Waals surface area contributed by atoms with Crippen LogP contribution in [0.1, 0.15) is 18.7 Å². The van der Waals surface area contributed by atoms with Gasteiger partial charge < -0.3 is 19.0 Å². The molecule has 0 N–H and O–H groups in total. The standard InChI is InChI=1S/C13H18N4O4S/c1-9-14-15-11(20-9)22-6-10(18)17-5-3-4-13(8-17)7-16(2)12(19)21-13/h3-8H2,1-2H3/t13-/m0/s1. The van der Waals surface area contributed by atoms with Crippen LogP contribution in [-0.2, 0) is 9.53 Å². The molecule has 2 fully saturated rings. The molecule has 9 heteroatoms. The number of carbonyl (C=O) groups excluding carboxylic acids is 2. The van der Waals surface area contributed by atoms with E-state index in [-0.39, 0.29) is 17.8 Å². The minimum absolute atomic E-state index is 0.00877. The Bertz CT molecular complexity index is 592. The predicted octanol–water partition coefficient (Wildman–Crippen LogP) is 0.913. The minimum atomic E-state index is -0.550. The molecule has 1 spiro atoms. The third kappa shape index (κ3) is 3.03. The van der Waals surface area contributed by atoms with Gasteiger partial charge in [0.2, 0.25) is 11.8 Å². The number of hydrogen-bond acceptors (Lipinski definition) is 7. The highest BCUT2D eigenvalue weighted by Gasteiger charge is 2.47. The highest BCUT2D eigenvalue weighted by Crippen LogP contribution is 2.31. The highest BCUT2D eigenvalue weighted by atomic mass is 32.2. The molecule has 3 rings (SSSR count). The number of aromatic nitrogens is 2. The minimum Gasteiger partial charge on any atom is -0.439 e. The molecule has 1 atom stereocenters. The van der Waals surface area contributed by atoms with Gasteiger partial charge in [0.05, 0.1) is 18.8 Å². The summed E-state index contributed by atoms with van der Waals surface area (Å²) in [6.45, 7) is 3.38. The van der Waals surface area contributed by atoms with Gasteiger partial charge in [-0.2, -0.15) is 0 Å². The van der Waals surface area contributed by atoms with Crippen LogP contribution in [0.25, 0.3) is 0 Å². The number of aryl methyl sites for hydroxylation is 1. The van der Waals surface area contributed by atoms with Crippen molar-refractivity contribution >= 4 is 23.8 Å². The van der Waals surface area contributed by atoms with E-state index in [4.69, 9.17) is 9.15 Å². The van der Waals surface area contributed by atoms with E-state index in [1.807, 2.05) is 0 Å². The molecule has 22 heavy (non-hydrogen) atoms. The van der Waals surface area contributed by atoms with Gasteiger partial charge in [0.15, 0.2) is 0 Å². The molecule has 2 amide bonds. The van der Waals surface area contributed by atoms with Crippen molar-refractivity contribution in [2.24, 2.45) is 0 Å². The Kier molecular flexibility index (Phi) is 3.98. The summed E-state index contributed by atoms with van der Waals surface area (Å²) in [7, 11) is 1.71. The number of rotatable bonds is 3. The fraction of sp³-hybridized carbons (Fsp3) is 0.692. The number of nitrogens with zero attached hydrogens (tertiary/aromatic N) is 4. The summed E-state index contributed by atoms with van der Waals surface area (Å²) in [6, 6.07) is 0. The Morgan fingerprint density at radius 3 is 2.86 bits per heavy atom. The monoisotopic (exact) mass is 326 g/mol. The Labute approximate surface area is 132 Å². The summed E-state index contributed by atoms with van der Waals surface area (Å²) < 4.78 is 10.7. The molecular formula is C13H18N4O4S. The first kappa shape index (κ1) is 15.1. The Morgan fingerprint density at radius 1 is 1.41 bits per heavy atom. The quantitative estimate of drug-likeness (QED) is 0.763. The normalized spacial score (nSPS) is 24.9. The van der Waals surface area contributed by atoms with Gasteiger partial charge in [-0.3, -0.25) is 4.79 Å². The van der Waals surface area contributed by atoms with Gasteiger partial charge in [-0.15, -0.1) is 10.2 Å². The van der Waals surface area contributed by atoms with Gasteiger partial charge in [-0.05, 0) is 12.8 Å². The first-order valence-corrected chi connectivity index (χ1v) is 8.11. The van der Waals surface area contributed by atoms with Crippen LogP contribution in [0.2, 0.25) is 0 Å². The molecule has 0 radical (unpaired) electrons. The van der Waals surface area contributed by atoms with E-state index in [2.05, 4.69) is 10.2 Å². The van der Waals surface area contributed by atoms with Gasteiger partial charge in [-0.25, -0.2) is 4.79 Å². The lowest BCUT2D eigenvalue weighted by Gasteiger charge is -2.38. The average molecular weight is 326 g/mol. The number of thioether (sulfide) groups is 1. The number of ether oxygens (including phenoxy) is 1. The maximum Gasteiger partial charge on any atom is 0.410 e. The van der Waals surface area contributed by atoms with E-state index in [9.17, 15) is 9.59 Å². The van der Waals surface area contributed by atoms with E-state index in [1.54, 1.807) is 23.8 Å². The second-order valence-corrected chi connectivity index (χ2v) is 6.63. The van der Waals surface area contributed by atoms with E-state index < -0.39 is 5.60 Å². The molecular weight excluding hydrogens is 308 g/mol. The summed E-state index contributed by atoms with van der Waals surface area (Å²) in [6.07, 6.45) is 1.31. The van der Waals surface area contributed by atoms with Crippen molar-refractivity contribution in [1.29, 1.82) is 0 Å². The maximum absolute atomic E-state index is 12.3. The lowest BCUT2D eigenvalue weighted by atomic mass is 9.93. The van der Waals surface area contributed by atoms with Crippen molar-refractivity contribution in [2.75, 3.05) is 32.4 Å². The lowest BCUT2D eigenvalue weighted by molar-refractivity contribution is -0.133. The SMILES string of the molecule is Cc1nnc(SCC(=O)N2CCC[C@]3(CN(C)C(=O)O3)C2)o1. The predicted molar refractivity (Wildman–Crippen MR) is 77.4 cm³/mol. The van der Waals surface area contributed by atoms with Crippen LogP contribution in [0, 0.1) is 6.92 Å². The molecule has 0 unspecified atom stereocenters. The van der Waals surface area contributed by atoms with Crippen LogP contribution in [0.15, 0.2) is 9.64 Å². The van der Waals surface area contributed by atoms with E-state index in [0.29, 0.717) is 30.7 Å². The van der Waals surface area contributed by atoms with Crippen molar-refractivity contribution in [3.63, 3.8) is 0 Å². The van der Waals surface area contributed by atoms with E-state index in [1.165, 1.54) is 11.8 Å². The van der Waals surface area contributed by atoms with Crippen molar-refractivity contribution in [3.8, 4) is 0 Å². The molecule has 2 saturated heterocycles. The third-order valence-corrected chi connectivity index (χ3v) is 4.66.